The quantitative estimate of drug-likeness (QED) is 0.418. The van der Waals surface area contributed by atoms with Crippen molar-refractivity contribution < 1.29 is 29.2 Å². The van der Waals surface area contributed by atoms with E-state index in [4.69, 9.17) is 14.2 Å². The summed E-state index contributed by atoms with van der Waals surface area (Å²) in [4.78, 5) is 11.7. The molecule has 168 valence electrons. The minimum Gasteiger partial charge on any atom is -0.493 e. The van der Waals surface area contributed by atoms with Crippen molar-refractivity contribution in [2.24, 2.45) is 5.92 Å². The number of rotatable bonds is 11. The summed E-state index contributed by atoms with van der Waals surface area (Å²) in [5, 5.41) is 21.1. The van der Waals surface area contributed by atoms with E-state index in [0.717, 1.165) is 31.2 Å². The van der Waals surface area contributed by atoms with Gasteiger partial charge in [-0.3, -0.25) is 4.79 Å². The minimum atomic E-state index is -1.00. The van der Waals surface area contributed by atoms with E-state index < -0.39 is 11.7 Å². The van der Waals surface area contributed by atoms with Crippen molar-refractivity contribution in [1.82, 2.24) is 0 Å². The Morgan fingerprint density at radius 3 is 2.77 bits per heavy atom. The summed E-state index contributed by atoms with van der Waals surface area (Å²) < 4.78 is 15.6. The number of hydrogen-bond donors (Lipinski definition) is 2. The van der Waals surface area contributed by atoms with Gasteiger partial charge >= 0.3 is 5.97 Å². The molecule has 0 amide bonds. The fourth-order valence-electron chi connectivity index (χ4n) is 4.12. The number of ether oxygens (including phenoxy) is 3. The first-order chi connectivity index (χ1) is 14.4. The first kappa shape index (κ1) is 24.2. The lowest BCUT2D eigenvalue weighted by Crippen LogP contribution is -2.37. The maximum absolute atomic E-state index is 11.7. The van der Waals surface area contributed by atoms with Crippen LogP contribution in [0, 0.1) is 5.92 Å². The molecular weight excluding hydrogens is 384 g/mol. The Labute approximate surface area is 179 Å². The first-order valence-corrected chi connectivity index (χ1v) is 10.8. The van der Waals surface area contributed by atoms with E-state index in [-0.39, 0.29) is 18.3 Å². The van der Waals surface area contributed by atoms with Crippen LogP contribution in [-0.4, -0.2) is 48.7 Å². The van der Waals surface area contributed by atoms with Crippen molar-refractivity contribution in [3.05, 3.63) is 35.9 Å². The summed E-state index contributed by atoms with van der Waals surface area (Å²) in [6, 6.07) is 5.87. The molecule has 0 bridgehead atoms. The molecule has 3 unspecified atom stereocenters. The van der Waals surface area contributed by atoms with Crippen molar-refractivity contribution in [2.75, 3.05) is 20.8 Å². The number of esters is 1. The van der Waals surface area contributed by atoms with Gasteiger partial charge in [-0.05, 0) is 75.5 Å². The third kappa shape index (κ3) is 7.65. The molecule has 1 aromatic rings. The van der Waals surface area contributed by atoms with Crippen LogP contribution < -0.4 is 9.47 Å². The van der Waals surface area contributed by atoms with Gasteiger partial charge in [0.15, 0.2) is 11.5 Å². The molecule has 3 atom stereocenters. The second-order valence-electron chi connectivity index (χ2n) is 8.10. The van der Waals surface area contributed by atoms with Crippen LogP contribution in [0.5, 0.6) is 11.5 Å². The van der Waals surface area contributed by atoms with E-state index in [1.165, 1.54) is 0 Å². The predicted molar refractivity (Wildman–Crippen MR) is 116 cm³/mol. The Kier molecular flexibility index (Phi) is 9.66. The van der Waals surface area contributed by atoms with Gasteiger partial charge in [0.1, 0.15) is 0 Å². The molecule has 0 saturated heterocycles. The topological polar surface area (TPSA) is 85.2 Å². The monoisotopic (exact) mass is 420 g/mol. The average Bonchev–Trinajstić information content (AvgIpc) is 2.72. The lowest BCUT2D eigenvalue weighted by Gasteiger charge is -2.35. The van der Waals surface area contributed by atoms with Gasteiger partial charge in [0, 0.05) is 0 Å². The summed E-state index contributed by atoms with van der Waals surface area (Å²) in [6.45, 7) is 2.09. The van der Waals surface area contributed by atoms with Crippen molar-refractivity contribution in [3.63, 3.8) is 0 Å². The highest BCUT2D eigenvalue weighted by atomic mass is 16.5. The molecular formula is C24H36O6. The number of carbonyl (C=O) groups is 1. The summed E-state index contributed by atoms with van der Waals surface area (Å²) in [5.41, 5.74) is 0.137. The molecule has 0 aliphatic heterocycles. The highest BCUT2D eigenvalue weighted by Gasteiger charge is 2.35. The van der Waals surface area contributed by atoms with Gasteiger partial charge in [0.2, 0.25) is 0 Å². The highest BCUT2D eigenvalue weighted by Crippen LogP contribution is 2.36. The third-order valence-electron chi connectivity index (χ3n) is 5.66. The molecule has 6 nitrogen and oxygen atoms in total. The molecule has 0 spiro atoms. The maximum Gasteiger partial charge on any atom is 0.308 e. The van der Waals surface area contributed by atoms with E-state index >= 15 is 0 Å². The standard InChI is InChI=1S/C24H36O6/c1-4-30-23(26)17-24(27)14-6-8-19(16-24)10-12-20(25)9-5-7-18-11-13-21(28-2)22(15-18)29-3/h10-13,15,19-20,25,27H,4-9,14,16-17H2,1-3H3. The number of hydrogen-bond acceptors (Lipinski definition) is 6. The fourth-order valence-corrected chi connectivity index (χ4v) is 4.12. The molecule has 1 aliphatic rings. The molecule has 6 heteroatoms. The maximum atomic E-state index is 11.7. The SMILES string of the molecule is CCOC(=O)CC1(O)CCCC(C=CC(O)CCCc2ccc(OC)c(OC)c2)C1. The van der Waals surface area contributed by atoms with Gasteiger partial charge in [0.05, 0.1) is 39.0 Å². The van der Waals surface area contributed by atoms with E-state index in [1.807, 2.05) is 30.4 Å². The molecule has 1 aliphatic carbocycles. The number of allylic oxidation sites excluding steroid dienone is 1. The van der Waals surface area contributed by atoms with Crippen LogP contribution >= 0.6 is 0 Å². The van der Waals surface area contributed by atoms with Crippen LogP contribution in [0.4, 0.5) is 0 Å². The summed E-state index contributed by atoms with van der Waals surface area (Å²) in [6.07, 6.45) is 8.65. The molecule has 1 saturated carbocycles. The first-order valence-electron chi connectivity index (χ1n) is 10.8. The predicted octanol–water partition coefficient (Wildman–Crippen LogP) is 3.82. The molecule has 1 fully saturated rings. The second kappa shape index (κ2) is 12.0. The zero-order chi connectivity index (χ0) is 22.0. The van der Waals surface area contributed by atoms with E-state index in [2.05, 4.69) is 0 Å². The second-order valence-corrected chi connectivity index (χ2v) is 8.10. The van der Waals surface area contributed by atoms with E-state index in [1.54, 1.807) is 21.1 Å². The smallest absolute Gasteiger partial charge is 0.308 e. The van der Waals surface area contributed by atoms with E-state index in [0.29, 0.717) is 37.4 Å². The molecule has 0 radical (unpaired) electrons. The van der Waals surface area contributed by atoms with Crippen molar-refractivity contribution in [1.29, 1.82) is 0 Å². The number of aliphatic hydroxyl groups is 2. The van der Waals surface area contributed by atoms with Crippen molar-refractivity contribution in [3.8, 4) is 11.5 Å². The Morgan fingerprint density at radius 2 is 2.07 bits per heavy atom. The van der Waals surface area contributed by atoms with Crippen LogP contribution in [0.15, 0.2) is 30.4 Å². The molecule has 2 N–H and O–H groups in total. The van der Waals surface area contributed by atoms with Gasteiger partial charge in [-0.1, -0.05) is 18.2 Å². The van der Waals surface area contributed by atoms with Crippen LogP contribution in [0.3, 0.4) is 0 Å². The summed E-state index contributed by atoms with van der Waals surface area (Å²) >= 11 is 0. The largest absolute Gasteiger partial charge is 0.493 e. The van der Waals surface area contributed by atoms with Gasteiger partial charge in [0.25, 0.3) is 0 Å². The Bertz CT molecular complexity index is 701. The van der Waals surface area contributed by atoms with E-state index in [9.17, 15) is 15.0 Å². The number of aliphatic hydroxyl groups excluding tert-OH is 1. The fraction of sp³-hybridized carbons (Fsp3) is 0.625. The molecule has 0 heterocycles. The Balaban J connectivity index is 1.78. The van der Waals surface area contributed by atoms with Gasteiger partial charge < -0.3 is 24.4 Å². The average molecular weight is 421 g/mol. The van der Waals surface area contributed by atoms with Crippen LogP contribution in [0.2, 0.25) is 0 Å². The third-order valence-corrected chi connectivity index (χ3v) is 5.66. The zero-order valence-electron chi connectivity index (χ0n) is 18.4. The number of benzene rings is 1. The minimum absolute atomic E-state index is 0.0407. The molecule has 0 aromatic heterocycles. The van der Waals surface area contributed by atoms with Crippen molar-refractivity contribution in [2.45, 2.75) is 70.0 Å². The normalized spacial score (nSPS) is 22.6. The summed E-state index contributed by atoms with van der Waals surface area (Å²) in [5.74, 6) is 1.24. The molecule has 2 rings (SSSR count). The number of aryl methyl sites for hydroxylation is 1. The van der Waals surface area contributed by atoms with Gasteiger partial charge in [-0.25, -0.2) is 0 Å². The summed E-state index contributed by atoms with van der Waals surface area (Å²) in [7, 11) is 3.24. The Hall–Kier alpha value is -2.05. The van der Waals surface area contributed by atoms with Crippen molar-refractivity contribution >= 4 is 5.97 Å². The zero-order valence-corrected chi connectivity index (χ0v) is 18.4. The lowest BCUT2D eigenvalue weighted by atomic mass is 9.76. The van der Waals surface area contributed by atoms with Gasteiger partial charge in [-0.15, -0.1) is 0 Å². The number of carbonyl (C=O) groups excluding carboxylic acids is 1. The Morgan fingerprint density at radius 1 is 1.30 bits per heavy atom. The van der Waals surface area contributed by atoms with Crippen LogP contribution in [-0.2, 0) is 16.0 Å². The highest BCUT2D eigenvalue weighted by molar-refractivity contribution is 5.70. The molecule has 1 aromatic carbocycles. The molecule has 30 heavy (non-hydrogen) atoms. The number of methoxy groups -OCH3 is 2. The van der Waals surface area contributed by atoms with Gasteiger partial charge in [-0.2, -0.15) is 0 Å². The van der Waals surface area contributed by atoms with Crippen LogP contribution in [0.1, 0.15) is 57.4 Å². The lowest BCUT2D eigenvalue weighted by molar-refractivity contribution is -0.150. The van der Waals surface area contributed by atoms with Crippen LogP contribution in [0.25, 0.3) is 0 Å².